The van der Waals surface area contributed by atoms with Crippen molar-refractivity contribution in [3.8, 4) is 0 Å². The molecule has 0 radical (unpaired) electrons. The number of unbranched alkanes of at least 4 members (excludes halogenated alkanes) is 3. The van der Waals surface area contributed by atoms with Crippen molar-refractivity contribution in [2.24, 2.45) is 0 Å². The number of ether oxygens (including phenoxy) is 2. The molecule has 1 fully saturated rings. The van der Waals surface area contributed by atoms with E-state index in [4.69, 9.17) is 4.74 Å². The second-order valence-electron chi connectivity index (χ2n) is 6.30. The van der Waals surface area contributed by atoms with Crippen LogP contribution < -0.4 is 0 Å². The third-order valence-corrected chi connectivity index (χ3v) is 4.17. The fourth-order valence-corrected chi connectivity index (χ4v) is 2.59. The molecule has 0 saturated carbocycles. The average molecular weight is 335 g/mol. The molecule has 0 spiro atoms. The Morgan fingerprint density at radius 2 is 1.67 bits per heavy atom. The third-order valence-electron chi connectivity index (χ3n) is 4.17. The normalized spacial score (nSPS) is 20.4. The summed E-state index contributed by atoms with van der Waals surface area (Å²) in [4.78, 5) is 10.9. The predicted molar refractivity (Wildman–Crippen MR) is 99.9 cm³/mol. The summed E-state index contributed by atoms with van der Waals surface area (Å²) in [7, 11) is 1.43. The molecule has 24 heavy (non-hydrogen) atoms. The van der Waals surface area contributed by atoms with Gasteiger partial charge in [-0.25, -0.2) is 0 Å². The molecule has 1 aliphatic heterocycles. The van der Waals surface area contributed by atoms with Crippen LogP contribution >= 0.6 is 0 Å². The zero-order valence-electron chi connectivity index (χ0n) is 15.4. The van der Waals surface area contributed by atoms with Gasteiger partial charge < -0.3 is 9.47 Å². The molecule has 136 valence electrons. The van der Waals surface area contributed by atoms with Gasteiger partial charge in [0.2, 0.25) is 0 Å². The highest BCUT2D eigenvalue weighted by Crippen LogP contribution is 2.30. The van der Waals surface area contributed by atoms with E-state index in [0.29, 0.717) is 18.6 Å². The van der Waals surface area contributed by atoms with Gasteiger partial charge in [-0.15, -0.1) is 0 Å². The first kappa shape index (κ1) is 20.7. The summed E-state index contributed by atoms with van der Waals surface area (Å²) in [5.74, 6) is -0.126. The highest BCUT2D eigenvalue weighted by Gasteiger charge is 2.36. The number of epoxide rings is 1. The van der Waals surface area contributed by atoms with Crippen LogP contribution in [0.2, 0.25) is 0 Å². The van der Waals surface area contributed by atoms with Gasteiger partial charge in [0, 0.05) is 6.42 Å². The van der Waals surface area contributed by atoms with Crippen LogP contribution in [-0.4, -0.2) is 25.3 Å². The summed E-state index contributed by atoms with van der Waals surface area (Å²) >= 11 is 0. The second-order valence-corrected chi connectivity index (χ2v) is 6.30. The van der Waals surface area contributed by atoms with Gasteiger partial charge in [-0.2, -0.15) is 0 Å². The zero-order chi connectivity index (χ0) is 17.5. The Bertz CT molecular complexity index is 409. The summed E-state index contributed by atoms with van der Waals surface area (Å²) in [5, 5.41) is 0. The topological polar surface area (TPSA) is 38.8 Å². The Labute approximate surface area is 147 Å². The van der Waals surface area contributed by atoms with Gasteiger partial charge in [-0.3, -0.25) is 4.79 Å². The van der Waals surface area contributed by atoms with Crippen LogP contribution in [-0.2, 0) is 14.3 Å². The molecule has 0 amide bonds. The van der Waals surface area contributed by atoms with Crippen LogP contribution in [0.3, 0.4) is 0 Å². The number of carbonyl (C=O) groups is 1. The molecule has 1 saturated heterocycles. The summed E-state index contributed by atoms with van der Waals surface area (Å²) in [6, 6.07) is 0. The summed E-state index contributed by atoms with van der Waals surface area (Å²) in [6.07, 6.45) is 24.6. The highest BCUT2D eigenvalue weighted by molar-refractivity contribution is 5.69. The molecule has 1 heterocycles. The van der Waals surface area contributed by atoms with Crippen molar-refractivity contribution in [1.29, 1.82) is 0 Å². The molecule has 0 aromatic heterocycles. The van der Waals surface area contributed by atoms with Crippen molar-refractivity contribution < 1.29 is 14.3 Å². The molecule has 0 bridgehead atoms. The van der Waals surface area contributed by atoms with Gasteiger partial charge in [0.1, 0.15) is 0 Å². The second kappa shape index (κ2) is 14.0. The number of allylic oxidation sites excluding steroid dienone is 5. The largest absolute Gasteiger partial charge is 0.469 e. The Kier molecular flexibility index (Phi) is 12.1. The highest BCUT2D eigenvalue weighted by atomic mass is 16.6. The molecule has 3 nitrogen and oxygen atoms in total. The van der Waals surface area contributed by atoms with Crippen molar-refractivity contribution in [2.75, 3.05) is 7.11 Å². The van der Waals surface area contributed by atoms with E-state index in [1.165, 1.54) is 32.8 Å². The summed E-state index contributed by atoms with van der Waals surface area (Å²) in [6.45, 7) is 2.24. The third kappa shape index (κ3) is 11.2. The average Bonchev–Trinajstić information content (AvgIpc) is 3.34. The zero-order valence-corrected chi connectivity index (χ0v) is 15.4. The van der Waals surface area contributed by atoms with Crippen LogP contribution in [0.25, 0.3) is 0 Å². The molecule has 0 aromatic rings. The smallest absolute Gasteiger partial charge is 0.305 e. The molecule has 0 aromatic carbocycles. The lowest BCUT2D eigenvalue weighted by atomic mass is 10.1. The Hall–Kier alpha value is -1.35. The minimum absolute atomic E-state index is 0.126. The predicted octanol–water partition coefficient (Wildman–Crippen LogP) is 5.52. The number of hydrogen-bond donors (Lipinski definition) is 0. The van der Waals surface area contributed by atoms with E-state index in [-0.39, 0.29) is 5.97 Å². The maximum Gasteiger partial charge on any atom is 0.305 e. The lowest BCUT2D eigenvalue weighted by Crippen LogP contribution is -1.98. The monoisotopic (exact) mass is 334 g/mol. The number of methoxy groups -OCH3 is 1. The molecule has 2 atom stereocenters. The molecule has 0 aliphatic carbocycles. The van der Waals surface area contributed by atoms with E-state index in [0.717, 1.165) is 32.1 Å². The molecule has 3 heteroatoms. The van der Waals surface area contributed by atoms with Gasteiger partial charge in [-0.1, -0.05) is 62.6 Å². The van der Waals surface area contributed by atoms with Gasteiger partial charge in [0.05, 0.1) is 19.3 Å². The van der Waals surface area contributed by atoms with E-state index >= 15 is 0 Å². The van der Waals surface area contributed by atoms with E-state index in [1.54, 1.807) is 0 Å². The van der Waals surface area contributed by atoms with Gasteiger partial charge in [0.25, 0.3) is 0 Å². The van der Waals surface area contributed by atoms with Gasteiger partial charge in [0.15, 0.2) is 0 Å². The molecular weight excluding hydrogens is 300 g/mol. The van der Waals surface area contributed by atoms with E-state index in [9.17, 15) is 4.79 Å². The van der Waals surface area contributed by atoms with Crippen LogP contribution in [0.4, 0.5) is 0 Å². The Morgan fingerprint density at radius 3 is 2.38 bits per heavy atom. The molecule has 0 unspecified atom stereocenters. The fourth-order valence-electron chi connectivity index (χ4n) is 2.59. The first-order valence-corrected chi connectivity index (χ1v) is 9.45. The van der Waals surface area contributed by atoms with E-state index in [2.05, 4.69) is 48.1 Å². The number of carbonyl (C=O) groups excluding carboxylic acids is 1. The standard InChI is InChI=1S/C21H34O3/c1-3-4-13-16-19-20(24-19)17-14-11-9-7-5-6-8-10-12-15-18-21(22)23-2/h5,7-8,10-11,14,19-20H,3-4,6,9,12-13,15-18H2,1-2H3/b7-5-,10-8-,14-11-/t19-,20+/m0/s1. The Balaban J connectivity index is 1.90. The van der Waals surface area contributed by atoms with Crippen molar-refractivity contribution in [2.45, 2.75) is 83.3 Å². The first-order valence-electron chi connectivity index (χ1n) is 9.45. The summed E-state index contributed by atoms with van der Waals surface area (Å²) < 4.78 is 10.3. The SMILES string of the molecule is CCCCC[C@@H]1O[C@@H]1C/C=C\C/C=C\C/C=C\CCCC(=O)OC. The maximum atomic E-state index is 10.9. The lowest BCUT2D eigenvalue weighted by molar-refractivity contribution is -0.140. The van der Waals surface area contributed by atoms with Crippen molar-refractivity contribution in [3.05, 3.63) is 36.5 Å². The van der Waals surface area contributed by atoms with Crippen LogP contribution in [0.5, 0.6) is 0 Å². The number of esters is 1. The molecule has 0 N–H and O–H groups in total. The van der Waals surface area contributed by atoms with Gasteiger partial charge >= 0.3 is 5.97 Å². The minimum atomic E-state index is -0.126. The van der Waals surface area contributed by atoms with Crippen LogP contribution in [0.15, 0.2) is 36.5 Å². The molecular formula is C21H34O3. The van der Waals surface area contributed by atoms with E-state index < -0.39 is 0 Å². The fraction of sp³-hybridized carbons (Fsp3) is 0.667. The molecule has 1 rings (SSSR count). The van der Waals surface area contributed by atoms with Crippen LogP contribution in [0.1, 0.15) is 71.1 Å². The van der Waals surface area contributed by atoms with E-state index in [1.807, 2.05) is 0 Å². The molecule has 1 aliphatic rings. The van der Waals surface area contributed by atoms with Crippen molar-refractivity contribution in [1.82, 2.24) is 0 Å². The summed E-state index contributed by atoms with van der Waals surface area (Å²) in [5.41, 5.74) is 0. The van der Waals surface area contributed by atoms with Crippen molar-refractivity contribution in [3.63, 3.8) is 0 Å². The Morgan fingerprint density at radius 1 is 0.958 bits per heavy atom. The van der Waals surface area contributed by atoms with Crippen LogP contribution in [0, 0.1) is 0 Å². The van der Waals surface area contributed by atoms with Crippen molar-refractivity contribution >= 4 is 5.97 Å². The number of hydrogen-bond acceptors (Lipinski definition) is 3. The number of rotatable bonds is 14. The maximum absolute atomic E-state index is 10.9. The quantitative estimate of drug-likeness (QED) is 0.182. The lowest BCUT2D eigenvalue weighted by Gasteiger charge is -1.95. The van der Waals surface area contributed by atoms with Gasteiger partial charge in [-0.05, 0) is 38.5 Å². The first-order chi connectivity index (χ1) is 11.8. The minimum Gasteiger partial charge on any atom is -0.469 e.